The summed E-state index contributed by atoms with van der Waals surface area (Å²) in [6, 6.07) is 14.8. The van der Waals surface area contributed by atoms with Crippen LogP contribution in [0.25, 0.3) is 0 Å². The molecule has 3 nitrogen and oxygen atoms in total. The molecule has 2 rings (SSSR count). The van der Waals surface area contributed by atoms with Gasteiger partial charge in [0.15, 0.2) is 0 Å². The van der Waals surface area contributed by atoms with Crippen molar-refractivity contribution in [3.63, 3.8) is 0 Å². The maximum absolute atomic E-state index is 9.41. The summed E-state index contributed by atoms with van der Waals surface area (Å²) >= 11 is 0. The molecular formula is C15H16O3. The van der Waals surface area contributed by atoms with E-state index in [1.165, 1.54) is 0 Å². The molecule has 2 aromatic carbocycles. The zero-order chi connectivity index (χ0) is 13.0. The van der Waals surface area contributed by atoms with E-state index in [-0.39, 0.29) is 0 Å². The third-order valence-corrected chi connectivity index (χ3v) is 2.66. The van der Waals surface area contributed by atoms with Gasteiger partial charge in [0.25, 0.3) is 0 Å². The van der Waals surface area contributed by atoms with Crippen molar-refractivity contribution < 1.29 is 14.6 Å². The van der Waals surface area contributed by atoms with Gasteiger partial charge in [-0.3, -0.25) is 0 Å². The number of aliphatic hydroxyl groups is 1. The highest BCUT2D eigenvalue weighted by Crippen LogP contribution is 2.25. The Kier molecular flexibility index (Phi) is 3.85. The van der Waals surface area contributed by atoms with Crippen LogP contribution < -0.4 is 9.47 Å². The van der Waals surface area contributed by atoms with E-state index in [2.05, 4.69) is 0 Å². The van der Waals surface area contributed by atoms with Crippen molar-refractivity contribution in [3.05, 3.63) is 54.1 Å². The Morgan fingerprint density at radius 1 is 0.833 bits per heavy atom. The molecule has 1 atom stereocenters. The second-order valence-electron chi connectivity index (χ2n) is 4.02. The van der Waals surface area contributed by atoms with Gasteiger partial charge in [-0.2, -0.15) is 0 Å². The van der Waals surface area contributed by atoms with E-state index in [0.29, 0.717) is 0 Å². The van der Waals surface area contributed by atoms with E-state index in [9.17, 15) is 5.11 Å². The van der Waals surface area contributed by atoms with Crippen LogP contribution in [0.5, 0.6) is 17.2 Å². The van der Waals surface area contributed by atoms with Gasteiger partial charge in [-0.25, -0.2) is 0 Å². The van der Waals surface area contributed by atoms with Crippen molar-refractivity contribution in [2.75, 3.05) is 7.11 Å². The molecule has 0 aromatic heterocycles. The topological polar surface area (TPSA) is 38.7 Å². The molecule has 0 unspecified atom stereocenters. The number of rotatable bonds is 4. The Labute approximate surface area is 107 Å². The third-order valence-electron chi connectivity index (χ3n) is 2.66. The van der Waals surface area contributed by atoms with E-state index in [4.69, 9.17) is 9.47 Å². The summed E-state index contributed by atoms with van der Waals surface area (Å²) in [4.78, 5) is 0. The average Bonchev–Trinajstić information content (AvgIpc) is 2.40. The third kappa shape index (κ3) is 3.02. The standard InChI is InChI=1S/C15H16O3/c1-11(16)12-3-5-14(6-4-12)18-15-9-7-13(17-2)8-10-15/h3-11,16H,1-2H3/t11-/m1/s1. The first-order valence-corrected chi connectivity index (χ1v) is 5.79. The van der Waals surface area contributed by atoms with Gasteiger partial charge in [-0.05, 0) is 48.9 Å². The van der Waals surface area contributed by atoms with Crippen LogP contribution >= 0.6 is 0 Å². The minimum absolute atomic E-state index is 0.458. The first kappa shape index (κ1) is 12.5. The fourth-order valence-corrected chi connectivity index (χ4v) is 1.59. The highest BCUT2D eigenvalue weighted by Gasteiger charge is 2.02. The van der Waals surface area contributed by atoms with Crippen molar-refractivity contribution in [2.45, 2.75) is 13.0 Å². The van der Waals surface area contributed by atoms with Crippen molar-refractivity contribution in [3.8, 4) is 17.2 Å². The molecule has 0 aliphatic rings. The van der Waals surface area contributed by atoms with Crippen LogP contribution in [-0.4, -0.2) is 12.2 Å². The molecular weight excluding hydrogens is 228 g/mol. The highest BCUT2D eigenvalue weighted by atomic mass is 16.5. The molecule has 0 saturated carbocycles. The zero-order valence-corrected chi connectivity index (χ0v) is 10.5. The lowest BCUT2D eigenvalue weighted by atomic mass is 10.1. The van der Waals surface area contributed by atoms with E-state index >= 15 is 0 Å². The lowest BCUT2D eigenvalue weighted by molar-refractivity contribution is 0.199. The summed E-state index contributed by atoms with van der Waals surface area (Å²) in [6.07, 6.45) is -0.458. The summed E-state index contributed by atoms with van der Waals surface area (Å²) in [5.41, 5.74) is 0.872. The summed E-state index contributed by atoms with van der Waals surface area (Å²) < 4.78 is 10.8. The molecule has 0 aliphatic heterocycles. The lowest BCUT2D eigenvalue weighted by Crippen LogP contribution is -1.91. The number of methoxy groups -OCH3 is 1. The van der Waals surface area contributed by atoms with Crippen LogP contribution in [0.2, 0.25) is 0 Å². The molecule has 3 heteroatoms. The molecule has 2 aromatic rings. The SMILES string of the molecule is COc1ccc(Oc2ccc([C@@H](C)O)cc2)cc1. The van der Waals surface area contributed by atoms with Crippen molar-refractivity contribution >= 4 is 0 Å². The fraction of sp³-hybridized carbons (Fsp3) is 0.200. The quantitative estimate of drug-likeness (QED) is 0.894. The number of ether oxygens (including phenoxy) is 2. The second-order valence-corrected chi connectivity index (χ2v) is 4.02. The van der Waals surface area contributed by atoms with Gasteiger partial charge in [0, 0.05) is 0 Å². The predicted octanol–water partition coefficient (Wildman–Crippen LogP) is 3.54. The van der Waals surface area contributed by atoms with Crippen LogP contribution in [0.3, 0.4) is 0 Å². The number of hydrogen-bond acceptors (Lipinski definition) is 3. The van der Waals surface area contributed by atoms with Gasteiger partial charge in [-0.1, -0.05) is 12.1 Å². The maximum atomic E-state index is 9.41. The Hall–Kier alpha value is -2.00. The van der Waals surface area contributed by atoms with Crippen LogP contribution in [0.1, 0.15) is 18.6 Å². The molecule has 94 valence electrons. The molecule has 0 aliphatic carbocycles. The molecule has 0 spiro atoms. The zero-order valence-electron chi connectivity index (χ0n) is 10.5. The van der Waals surface area contributed by atoms with E-state index < -0.39 is 6.10 Å². The van der Waals surface area contributed by atoms with Crippen molar-refractivity contribution in [2.24, 2.45) is 0 Å². The molecule has 18 heavy (non-hydrogen) atoms. The van der Waals surface area contributed by atoms with Gasteiger partial charge in [0.05, 0.1) is 13.2 Å². The lowest BCUT2D eigenvalue weighted by Gasteiger charge is -2.08. The summed E-state index contributed by atoms with van der Waals surface area (Å²) in [5.74, 6) is 2.29. The fourth-order valence-electron chi connectivity index (χ4n) is 1.59. The summed E-state index contributed by atoms with van der Waals surface area (Å²) in [5, 5.41) is 9.41. The van der Waals surface area contributed by atoms with Crippen molar-refractivity contribution in [1.29, 1.82) is 0 Å². The monoisotopic (exact) mass is 244 g/mol. The predicted molar refractivity (Wildman–Crippen MR) is 70.1 cm³/mol. The minimum atomic E-state index is -0.458. The van der Waals surface area contributed by atoms with Crippen LogP contribution in [-0.2, 0) is 0 Å². The average molecular weight is 244 g/mol. The summed E-state index contributed by atoms with van der Waals surface area (Å²) in [6.45, 7) is 1.74. The van der Waals surface area contributed by atoms with Gasteiger partial charge in [-0.15, -0.1) is 0 Å². The minimum Gasteiger partial charge on any atom is -0.497 e. The van der Waals surface area contributed by atoms with Gasteiger partial charge >= 0.3 is 0 Å². The Morgan fingerprint density at radius 3 is 1.72 bits per heavy atom. The largest absolute Gasteiger partial charge is 0.497 e. The number of hydrogen-bond donors (Lipinski definition) is 1. The molecule has 0 heterocycles. The second kappa shape index (κ2) is 5.56. The van der Waals surface area contributed by atoms with Gasteiger partial charge < -0.3 is 14.6 Å². The first-order chi connectivity index (χ1) is 8.69. The van der Waals surface area contributed by atoms with Crippen molar-refractivity contribution in [1.82, 2.24) is 0 Å². The van der Waals surface area contributed by atoms with Crippen LogP contribution in [0.15, 0.2) is 48.5 Å². The Morgan fingerprint density at radius 2 is 1.28 bits per heavy atom. The van der Waals surface area contributed by atoms with E-state index in [1.807, 2.05) is 48.5 Å². The van der Waals surface area contributed by atoms with E-state index in [1.54, 1.807) is 14.0 Å². The maximum Gasteiger partial charge on any atom is 0.127 e. The van der Waals surface area contributed by atoms with Gasteiger partial charge in [0.2, 0.25) is 0 Å². The molecule has 0 bridgehead atoms. The molecule has 0 amide bonds. The van der Waals surface area contributed by atoms with Crippen LogP contribution in [0.4, 0.5) is 0 Å². The normalized spacial score (nSPS) is 11.9. The summed E-state index contributed by atoms with van der Waals surface area (Å²) in [7, 11) is 1.63. The Balaban J connectivity index is 2.08. The number of benzene rings is 2. The molecule has 1 N–H and O–H groups in total. The Bertz CT molecular complexity index is 486. The smallest absolute Gasteiger partial charge is 0.127 e. The molecule has 0 saturated heterocycles. The van der Waals surface area contributed by atoms with Gasteiger partial charge in [0.1, 0.15) is 17.2 Å². The molecule has 0 fully saturated rings. The molecule has 0 radical (unpaired) electrons. The van der Waals surface area contributed by atoms with Crippen LogP contribution in [0, 0.1) is 0 Å². The number of aliphatic hydroxyl groups excluding tert-OH is 1. The van der Waals surface area contributed by atoms with E-state index in [0.717, 1.165) is 22.8 Å². The highest BCUT2D eigenvalue weighted by molar-refractivity contribution is 5.36. The first-order valence-electron chi connectivity index (χ1n) is 5.79.